The molecular weight excluding hydrogens is 409 g/mol. The van der Waals surface area contributed by atoms with Crippen LogP contribution in [0.15, 0.2) is 42.9 Å². The number of aryl methyl sites for hydroxylation is 1. The zero-order valence-corrected chi connectivity index (χ0v) is 17.8. The molecule has 4 aromatic heterocycles. The lowest BCUT2D eigenvalue weighted by atomic mass is 10.2. The number of nitrogens with one attached hydrogen (secondary N) is 1. The summed E-state index contributed by atoms with van der Waals surface area (Å²) in [5.41, 5.74) is 3.13. The SMILES string of the molecule is Cc1nc(Nc2ncccc2F)ncc1-c1cnc2ccc(N3CC4CC3CN4C)nn12. The third-order valence-electron chi connectivity index (χ3n) is 6.40. The number of anilines is 3. The minimum Gasteiger partial charge on any atom is -0.349 e. The molecule has 4 aromatic rings. The van der Waals surface area contributed by atoms with E-state index in [1.165, 1.54) is 24.8 Å². The highest BCUT2D eigenvalue weighted by Crippen LogP contribution is 2.33. The van der Waals surface area contributed by atoms with Gasteiger partial charge in [0.2, 0.25) is 5.95 Å². The van der Waals surface area contributed by atoms with Crippen LogP contribution in [0.5, 0.6) is 0 Å². The predicted octanol–water partition coefficient (Wildman–Crippen LogP) is 2.67. The summed E-state index contributed by atoms with van der Waals surface area (Å²) in [6, 6.07) is 8.02. The van der Waals surface area contributed by atoms with Gasteiger partial charge >= 0.3 is 0 Å². The van der Waals surface area contributed by atoms with Crippen LogP contribution in [0.1, 0.15) is 12.1 Å². The van der Waals surface area contributed by atoms with Crippen LogP contribution < -0.4 is 10.2 Å². The van der Waals surface area contributed by atoms with Crippen molar-refractivity contribution in [2.24, 2.45) is 0 Å². The van der Waals surface area contributed by atoms with Crippen LogP contribution in [0.4, 0.5) is 22.0 Å². The van der Waals surface area contributed by atoms with E-state index >= 15 is 0 Å². The lowest BCUT2D eigenvalue weighted by Gasteiger charge is -2.32. The molecule has 1 N–H and O–H groups in total. The average molecular weight is 431 g/mol. The number of likely N-dealkylation sites (N-methyl/N-ethyl adjacent to an activating group) is 1. The van der Waals surface area contributed by atoms with E-state index in [0.717, 1.165) is 41.5 Å². The lowest BCUT2D eigenvalue weighted by molar-refractivity contribution is 0.292. The Morgan fingerprint density at radius 1 is 1.06 bits per heavy atom. The summed E-state index contributed by atoms with van der Waals surface area (Å²) in [6.07, 6.45) is 6.19. The van der Waals surface area contributed by atoms with Gasteiger partial charge in [-0.15, -0.1) is 5.10 Å². The van der Waals surface area contributed by atoms with Crippen LogP contribution in [-0.4, -0.2) is 66.7 Å². The Balaban J connectivity index is 1.33. The Morgan fingerprint density at radius 3 is 2.72 bits per heavy atom. The van der Waals surface area contributed by atoms with Crippen LogP contribution in [0.2, 0.25) is 0 Å². The van der Waals surface area contributed by atoms with E-state index in [2.05, 4.69) is 42.1 Å². The molecule has 162 valence electrons. The molecule has 0 aliphatic carbocycles. The van der Waals surface area contributed by atoms with Gasteiger partial charge in [0, 0.05) is 43.1 Å². The monoisotopic (exact) mass is 431 g/mol. The fourth-order valence-electron chi connectivity index (χ4n) is 4.71. The van der Waals surface area contributed by atoms with Gasteiger partial charge in [-0.25, -0.2) is 28.8 Å². The molecule has 6 heterocycles. The van der Waals surface area contributed by atoms with Gasteiger partial charge in [0.05, 0.1) is 17.6 Å². The van der Waals surface area contributed by atoms with E-state index in [1.807, 2.05) is 23.6 Å². The molecule has 0 aromatic carbocycles. The molecule has 2 bridgehead atoms. The van der Waals surface area contributed by atoms with Crippen molar-refractivity contribution in [2.45, 2.75) is 25.4 Å². The van der Waals surface area contributed by atoms with Gasteiger partial charge in [0.1, 0.15) is 5.82 Å². The molecule has 9 nitrogen and oxygen atoms in total. The summed E-state index contributed by atoms with van der Waals surface area (Å²) in [5, 5.41) is 7.74. The fraction of sp³-hybridized carbons (Fsp3) is 0.318. The summed E-state index contributed by atoms with van der Waals surface area (Å²) >= 11 is 0. The molecule has 2 aliphatic rings. The zero-order valence-electron chi connectivity index (χ0n) is 17.8. The third kappa shape index (κ3) is 3.06. The van der Waals surface area contributed by atoms with Crippen molar-refractivity contribution in [3.05, 3.63) is 54.4 Å². The average Bonchev–Trinajstić information content (AvgIpc) is 3.49. The van der Waals surface area contributed by atoms with Crippen molar-refractivity contribution in [3.8, 4) is 11.3 Å². The number of rotatable bonds is 4. The van der Waals surface area contributed by atoms with E-state index in [-0.39, 0.29) is 11.8 Å². The van der Waals surface area contributed by atoms with E-state index in [1.54, 1.807) is 12.4 Å². The molecule has 2 fully saturated rings. The first-order valence-electron chi connectivity index (χ1n) is 10.6. The Bertz CT molecular complexity index is 1320. The number of fused-ring (bicyclic) bond motifs is 3. The van der Waals surface area contributed by atoms with Gasteiger partial charge < -0.3 is 10.2 Å². The number of likely N-dealkylation sites (tertiary alicyclic amines) is 1. The molecule has 6 rings (SSSR count). The van der Waals surface area contributed by atoms with Gasteiger partial charge in [-0.2, -0.15) is 0 Å². The minimum atomic E-state index is -0.460. The first-order chi connectivity index (χ1) is 15.6. The Hall–Kier alpha value is -3.66. The Morgan fingerprint density at radius 2 is 1.97 bits per heavy atom. The Labute approximate surface area is 184 Å². The van der Waals surface area contributed by atoms with Crippen LogP contribution in [0, 0.1) is 12.7 Å². The summed E-state index contributed by atoms with van der Waals surface area (Å²) in [7, 11) is 2.19. The minimum absolute atomic E-state index is 0.0892. The molecular formula is C22H22FN9. The molecule has 0 radical (unpaired) electrons. The number of pyridine rings is 1. The number of hydrogen-bond donors (Lipinski definition) is 1. The quantitative estimate of drug-likeness (QED) is 0.528. The number of halogens is 1. The largest absolute Gasteiger partial charge is 0.349 e. The molecule has 0 spiro atoms. The molecule has 10 heteroatoms. The first-order valence-corrected chi connectivity index (χ1v) is 10.6. The summed E-state index contributed by atoms with van der Waals surface area (Å²) < 4.78 is 15.7. The predicted molar refractivity (Wildman–Crippen MR) is 118 cm³/mol. The smallest absolute Gasteiger partial charge is 0.228 e. The lowest BCUT2D eigenvalue weighted by Crippen LogP contribution is -2.45. The van der Waals surface area contributed by atoms with Crippen LogP contribution in [0.25, 0.3) is 16.9 Å². The molecule has 32 heavy (non-hydrogen) atoms. The van der Waals surface area contributed by atoms with E-state index in [9.17, 15) is 4.39 Å². The zero-order chi connectivity index (χ0) is 21.8. The maximum atomic E-state index is 13.9. The van der Waals surface area contributed by atoms with Gasteiger partial charge in [-0.05, 0) is 44.7 Å². The Kier molecular flexibility index (Phi) is 4.29. The molecule has 2 atom stereocenters. The van der Waals surface area contributed by atoms with Crippen molar-refractivity contribution >= 4 is 23.2 Å². The molecule has 0 amide bonds. The maximum Gasteiger partial charge on any atom is 0.228 e. The molecule has 2 saturated heterocycles. The number of hydrogen-bond acceptors (Lipinski definition) is 8. The van der Waals surface area contributed by atoms with E-state index in [0.29, 0.717) is 12.1 Å². The number of imidazole rings is 1. The number of piperazine rings is 1. The standard InChI is InChI=1S/C22H22FN9/c1-13-16(9-26-22(27-13)28-21-17(23)4-3-7-24-21)18-10-25-19-5-6-20(29-32(18)19)31-12-14-8-15(31)11-30(14)2/h3-7,9-10,14-15H,8,11-12H2,1-2H3,(H,24,26,27,28). The first kappa shape index (κ1) is 19.1. The van der Waals surface area contributed by atoms with Crippen molar-refractivity contribution in [2.75, 3.05) is 30.4 Å². The van der Waals surface area contributed by atoms with Crippen molar-refractivity contribution in [3.63, 3.8) is 0 Å². The second-order valence-corrected chi connectivity index (χ2v) is 8.39. The summed E-state index contributed by atoms with van der Waals surface area (Å²) in [4.78, 5) is 22.2. The highest BCUT2D eigenvalue weighted by atomic mass is 19.1. The van der Waals surface area contributed by atoms with Crippen LogP contribution in [-0.2, 0) is 0 Å². The molecule has 2 aliphatic heterocycles. The van der Waals surface area contributed by atoms with Crippen molar-refractivity contribution < 1.29 is 4.39 Å². The highest BCUT2D eigenvalue weighted by Gasteiger charge is 2.42. The van der Waals surface area contributed by atoms with Crippen molar-refractivity contribution in [1.82, 2.24) is 34.4 Å². The fourth-order valence-corrected chi connectivity index (χ4v) is 4.71. The van der Waals surface area contributed by atoms with Gasteiger partial charge in [-0.1, -0.05) is 0 Å². The normalized spacial score (nSPS) is 20.4. The second-order valence-electron chi connectivity index (χ2n) is 8.39. The summed E-state index contributed by atoms with van der Waals surface area (Å²) in [6.45, 7) is 3.95. The third-order valence-corrected chi connectivity index (χ3v) is 6.40. The summed E-state index contributed by atoms with van der Waals surface area (Å²) in [5.74, 6) is 0.868. The van der Waals surface area contributed by atoms with E-state index < -0.39 is 5.82 Å². The molecule has 2 unspecified atom stereocenters. The molecule has 0 saturated carbocycles. The van der Waals surface area contributed by atoms with Crippen LogP contribution >= 0.6 is 0 Å². The number of aromatic nitrogens is 6. The topological polar surface area (TPSA) is 87.4 Å². The van der Waals surface area contributed by atoms with Gasteiger partial charge in [0.25, 0.3) is 0 Å². The maximum absolute atomic E-state index is 13.9. The van der Waals surface area contributed by atoms with E-state index in [4.69, 9.17) is 5.10 Å². The van der Waals surface area contributed by atoms with Crippen LogP contribution in [0.3, 0.4) is 0 Å². The van der Waals surface area contributed by atoms with Gasteiger partial charge in [-0.3, -0.25) is 4.90 Å². The van der Waals surface area contributed by atoms with Gasteiger partial charge in [0.15, 0.2) is 17.3 Å². The highest BCUT2D eigenvalue weighted by molar-refractivity contribution is 5.66. The number of nitrogens with zero attached hydrogens (tertiary/aromatic N) is 8. The second kappa shape index (κ2) is 7.20. The van der Waals surface area contributed by atoms with Crippen molar-refractivity contribution in [1.29, 1.82) is 0 Å².